The van der Waals surface area contributed by atoms with Crippen molar-refractivity contribution in [2.75, 3.05) is 18.9 Å². The number of halogens is 3. The Kier molecular flexibility index (Phi) is 8.59. The van der Waals surface area contributed by atoms with Crippen molar-refractivity contribution >= 4 is 16.0 Å². The van der Waals surface area contributed by atoms with Gasteiger partial charge in [-0.1, -0.05) is 13.0 Å². The van der Waals surface area contributed by atoms with Crippen LogP contribution < -0.4 is 0 Å². The van der Waals surface area contributed by atoms with Crippen LogP contribution in [0.25, 0.3) is 0 Å². The molecular weight excluding hydrogens is 429 g/mol. The second-order valence-electron chi connectivity index (χ2n) is 6.88. The summed E-state index contributed by atoms with van der Waals surface area (Å²) in [5, 5.41) is 7.12. The molecule has 0 unspecified atom stereocenters. The Morgan fingerprint density at radius 1 is 1.37 bits per heavy atom. The van der Waals surface area contributed by atoms with Crippen LogP contribution in [0.5, 0.6) is 0 Å². The summed E-state index contributed by atoms with van der Waals surface area (Å²) >= 11 is 0. The number of alkyl halides is 3. The van der Waals surface area contributed by atoms with Gasteiger partial charge in [-0.15, -0.1) is 0 Å². The lowest BCUT2D eigenvalue weighted by atomic mass is 10.1. The normalized spacial score (nSPS) is 24.6. The average Bonchev–Trinajstić information content (AvgIpc) is 3.10. The van der Waals surface area contributed by atoms with Crippen molar-refractivity contribution in [3.63, 3.8) is 0 Å². The predicted molar refractivity (Wildman–Crippen MR) is 100 cm³/mol. The van der Waals surface area contributed by atoms with E-state index in [4.69, 9.17) is 19.4 Å². The Bertz CT molecular complexity index is 791. The van der Waals surface area contributed by atoms with E-state index < -0.39 is 22.2 Å². The summed E-state index contributed by atoms with van der Waals surface area (Å²) in [7, 11) is -3.19. The van der Waals surface area contributed by atoms with Crippen molar-refractivity contribution in [3.05, 3.63) is 30.1 Å². The summed E-state index contributed by atoms with van der Waals surface area (Å²) in [6, 6.07) is 5.63. The van der Waals surface area contributed by atoms with Crippen molar-refractivity contribution in [2.24, 2.45) is 0 Å². The van der Waals surface area contributed by atoms with Gasteiger partial charge in [-0.05, 0) is 31.4 Å². The molecule has 1 saturated carbocycles. The topological polar surface area (TPSA) is 106 Å². The maximum absolute atomic E-state index is 12.4. The third kappa shape index (κ3) is 6.62. The SMILES string of the molecule is CCCS(=O)(=O)N1CCO[C@H]2[C@H](OCc3ccccn3)CC[C@@H]21.O=C(O)C(F)(F)F. The number of rotatable bonds is 6. The number of carbonyl (C=O) groups is 1. The van der Waals surface area contributed by atoms with Crippen LogP contribution in [0.1, 0.15) is 31.9 Å². The molecule has 3 rings (SSSR count). The van der Waals surface area contributed by atoms with Crippen LogP contribution in [-0.4, -0.2) is 72.1 Å². The Labute approximate surface area is 173 Å². The molecule has 1 aromatic heterocycles. The fourth-order valence-electron chi connectivity index (χ4n) is 3.46. The van der Waals surface area contributed by atoms with Gasteiger partial charge in [-0.2, -0.15) is 17.5 Å². The fourth-order valence-corrected chi connectivity index (χ4v) is 5.20. The zero-order chi connectivity index (χ0) is 22.4. The molecule has 8 nitrogen and oxygen atoms in total. The van der Waals surface area contributed by atoms with Gasteiger partial charge in [0.05, 0.1) is 36.8 Å². The fraction of sp³-hybridized carbons (Fsp3) is 0.667. The van der Waals surface area contributed by atoms with Gasteiger partial charge in [0, 0.05) is 12.7 Å². The summed E-state index contributed by atoms with van der Waals surface area (Å²) in [4.78, 5) is 13.1. The molecule has 3 atom stereocenters. The number of hydrogen-bond donors (Lipinski definition) is 1. The van der Waals surface area contributed by atoms with E-state index in [1.807, 2.05) is 25.1 Å². The van der Waals surface area contributed by atoms with Gasteiger partial charge in [-0.25, -0.2) is 13.2 Å². The first-order valence-electron chi connectivity index (χ1n) is 9.49. The number of nitrogens with zero attached hydrogens (tertiary/aromatic N) is 2. The van der Waals surface area contributed by atoms with E-state index in [0.717, 1.165) is 18.5 Å². The Hall–Kier alpha value is -1.76. The van der Waals surface area contributed by atoms with Crippen LogP contribution in [-0.2, 0) is 30.9 Å². The Balaban J connectivity index is 0.000000396. The van der Waals surface area contributed by atoms with Crippen LogP contribution in [0.2, 0.25) is 0 Å². The molecule has 30 heavy (non-hydrogen) atoms. The maximum atomic E-state index is 12.4. The molecule has 0 aromatic carbocycles. The molecule has 2 fully saturated rings. The van der Waals surface area contributed by atoms with Gasteiger partial charge in [0.2, 0.25) is 10.0 Å². The first-order valence-corrected chi connectivity index (χ1v) is 11.1. The van der Waals surface area contributed by atoms with Gasteiger partial charge in [0.15, 0.2) is 0 Å². The second kappa shape index (κ2) is 10.5. The van der Waals surface area contributed by atoms with Gasteiger partial charge < -0.3 is 14.6 Å². The predicted octanol–water partition coefficient (Wildman–Crippen LogP) is 2.20. The second-order valence-corrected chi connectivity index (χ2v) is 8.92. The highest BCUT2D eigenvalue weighted by molar-refractivity contribution is 7.89. The largest absolute Gasteiger partial charge is 0.490 e. The molecule has 2 heterocycles. The molecule has 0 radical (unpaired) electrons. The monoisotopic (exact) mass is 454 g/mol. The van der Waals surface area contributed by atoms with E-state index in [1.165, 1.54) is 0 Å². The van der Waals surface area contributed by atoms with E-state index in [1.54, 1.807) is 10.5 Å². The minimum Gasteiger partial charge on any atom is -0.475 e. The molecule has 1 aliphatic heterocycles. The van der Waals surface area contributed by atoms with Crippen molar-refractivity contribution < 1.29 is 41.0 Å². The molecule has 1 N–H and O–H groups in total. The van der Waals surface area contributed by atoms with Crippen molar-refractivity contribution in [3.8, 4) is 0 Å². The van der Waals surface area contributed by atoms with Crippen LogP contribution >= 0.6 is 0 Å². The summed E-state index contributed by atoms with van der Waals surface area (Å²) in [6.07, 6.45) is -1.33. The number of carboxylic acid groups (broad SMARTS) is 1. The number of morpholine rings is 1. The number of hydrogen-bond acceptors (Lipinski definition) is 6. The standard InChI is InChI=1S/C16H24N2O4S.C2HF3O2/c1-2-11-23(19,20)18-9-10-21-16-14(18)6-7-15(16)22-12-13-5-3-4-8-17-13;3-2(4,5)1(6)7/h3-5,8,14-16H,2,6-7,9-12H2,1H3;(H,6,7)/t14-,15+,16+;/m0./s1. The van der Waals surface area contributed by atoms with Gasteiger partial charge >= 0.3 is 12.1 Å². The Morgan fingerprint density at radius 2 is 2.07 bits per heavy atom. The summed E-state index contributed by atoms with van der Waals surface area (Å²) in [6.45, 7) is 3.21. The van der Waals surface area contributed by atoms with Crippen molar-refractivity contribution in [1.29, 1.82) is 0 Å². The van der Waals surface area contributed by atoms with Crippen LogP contribution in [0.15, 0.2) is 24.4 Å². The molecular formula is C18H25F3N2O6S. The molecule has 1 aromatic rings. The molecule has 0 spiro atoms. The zero-order valence-electron chi connectivity index (χ0n) is 16.4. The highest BCUT2D eigenvalue weighted by atomic mass is 32.2. The lowest BCUT2D eigenvalue weighted by Crippen LogP contribution is -2.54. The maximum Gasteiger partial charge on any atom is 0.490 e. The van der Waals surface area contributed by atoms with Crippen molar-refractivity contribution in [2.45, 2.75) is 57.2 Å². The first-order chi connectivity index (χ1) is 14.1. The first kappa shape index (κ1) is 24.5. The van der Waals surface area contributed by atoms with E-state index >= 15 is 0 Å². The smallest absolute Gasteiger partial charge is 0.475 e. The average molecular weight is 454 g/mol. The molecule has 1 saturated heterocycles. The van der Waals surface area contributed by atoms with E-state index in [0.29, 0.717) is 26.2 Å². The number of fused-ring (bicyclic) bond motifs is 1. The molecule has 0 bridgehead atoms. The van der Waals surface area contributed by atoms with E-state index in [9.17, 15) is 21.6 Å². The number of ether oxygens (including phenoxy) is 2. The summed E-state index contributed by atoms with van der Waals surface area (Å²) < 4.78 is 70.1. The van der Waals surface area contributed by atoms with Gasteiger partial charge in [0.1, 0.15) is 6.10 Å². The van der Waals surface area contributed by atoms with Gasteiger partial charge in [0.25, 0.3) is 0 Å². The molecule has 1 aliphatic carbocycles. The Morgan fingerprint density at radius 3 is 2.63 bits per heavy atom. The number of sulfonamides is 1. The number of aliphatic carboxylic acids is 1. The quantitative estimate of drug-likeness (QED) is 0.702. The highest BCUT2D eigenvalue weighted by Crippen LogP contribution is 2.34. The van der Waals surface area contributed by atoms with Crippen LogP contribution in [0.3, 0.4) is 0 Å². The minimum atomic E-state index is -5.08. The third-order valence-corrected chi connectivity index (χ3v) is 6.81. The lowest BCUT2D eigenvalue weighted by Gasteiger charge is -2.38. The van der Waals surface area contributed by atoms with Gasteiger partial charge in [-0.3, -0.25) is 4.98 Å². The van der Waals surface area contributed by atoms with E-state index in [2.05, 4.69) is 4.98 Å². The lowest BCUT2D eigenvalue weighted by molar-refractivity contribution is -0.192. The third-order valence-electron chi connectivity index (χ3n) is 4.72. The number of carboxylic acids is 1. The number of aromatic nitrogens is 1. The van der Waals surface area contributed by atoms with E-state index in [-0.39, 0.29) is 24.0 Å². The molecule has 2 aliphatic rings. The molecule has 170 valence electrons. The molecule has 12 heteroatoms. The zero-order valence-corrected chi connectivity index (χ0v) is 17.2. The van der Waals surface area contributed by atoms with Crippen molar-refractivity contribution in [1.82, 2.24) is 9.29 Å². The minimum absolute atomic E-state index is 0.0679. The molecule has 0 amide bonds. The summed E-state index contributed by atoms with van der Waals surface area (Å²) in [5.74, 6) is -2.55. The van der Waals surface area contributed by atoms with Crippen LogP contribution in [0, 0.1) is 0 Å². The highest BCUT2D eigenvalue weighted by Gasteiger charge is 2.47. The summed E-state index contributed by atoms with van der Waals surface area (Å²) in [5.41, 5.74) is 0.877. The number of pyridine rings is 1. The van der Waals surface area contributed by atoms with Crippen LogP contribution in [0.4, 0.5) is 13.2 Å².